The number of hydrogen-bond acceptors (Lipinski definition) is 4. The minimum absolute atomic E-state index is 0.0522. The van der Waals surface area contributed by atoms with Gasteiger partial charge in [-0.3, -0.25) is 9.59 Å². The predicted molar refractivity (Wildman–Crippen MR) is 121 cm³/mol. The number of carbonyl (C=O) groups excluding carboxylic acids is 2. The molecule has 0 aromatic heterocycles. The van der Waals surface area contributed by atoms with Gasteiger partial charge < -0.3 is 9.84 Å². The third-order valence-corrected chi connectivity index (χ3v) is 7.01. The number of Topliss-reactive ketones (excluding diaryl/α,β-unsaturated/α-hetero) is 1. The molecule has 2 saturated carbocycles. The highest BCUT2D eigenvalue weighted by molar-refractivity contribution is 5.84. The summed E-state index contributed by atoms with van der Waals surface area (Å²) >= 11 is 0. The molecular formula is C26H44O4. The van der Waals surface area contributed by atoms with Gasteiger partial charge in [0.15, 0.2) is 0 Å². The van der Waals surface area contributed by atoms with Crippen molar-refractivity contribution in [2.24, 2.45) is 17.8 Å². The molecule has 2 rings (SSSR count). The van der Waals surface area contributed by atoms with Gasteiger partial charge in [-0.25, -0.2) is 0 Å². The highest BCUT2D eigenvalue weighted by atomic mass is 16.5. The number of allylic oxidation sites excluding steroid dienone is 2. The van der Waals surface area contributed by atoms with Crippen molar-refractivity contribution in [3.63, 3.8) is 0 Å². The molecule has 2 aliphatic carbocycles. The van der Waals surface area contributed by atoms with Crippen LogP contribution in [-0.4, -0.2) is 28.6 Å². The first kappa shape index (κ1) is 25.1. The lowest BCUT2D eigenvalue weighted by atomic mass is 9.69. The summed E-state index contributed by atoms with van der Waals surface area (Å²) in [4.78, 5) is 24.2. The molecule has 4 atom stereocenters. The van der Waals surface area contributed by atoms with E-state index in [0.717, 1.165) is 51.4 Å². The van der Waals surface area contributed by atoms with Crippen LogP contribution in [0.3, 0.4) is 0 Å². The average Bonchev–Trinajstić information content (AvgIpc) is 2.97. The highest BCUT2D eigenvalue weighted by Crippen LogP contribution is 2.49. The topological polar surface area (TPSA) is 63.6 Å². The second-order valence-electron chi connectivity index (χ2n) is 9.97. The minimum atomic E-state index is -0.539. The summed E-state index contributed by atoms with van der Waals surface area (Å²) in [7, 11) is 0. The van der Waals surface area contributed by atoms with Crippen molar-refractivity contribution < 1.29 is 19.4 Å². The summed E-state index contributed by atoms with van der Waals surface area (Å²) < 4.78 is 5.14. The van der Waals surface area contributed by atoms with Crippen LogP contribution in [0.5, 0.6) is 0 Å². The first-order valence-corrected chi connectivity index (χ1v) is 12.4. The molecule has 0 radical (unpaired) electrons. The van der Waals surface area contributed by atoms with Crippen molar-refractivity contribution in [2.45, 2.75) is 122 Å². The summed E-state index contributed by atoms with van der Waals surface area (Å²) in [6.07, 6.45) is 17.4. The van der Waals surface area contributed by atoms with Gasteiger partial charge in [-0.05, 0) is 70.6 Å². The molecule has 0 saturated heterocycles. The van der Waals surface area contributed by atoms with Gasteiger partial charge >= 0.3 is 5.97 Å². The maximum atomic E-state index is 12.6. The van der Waals surface area contributed by atoms with Crippen LogP contribution in [0.25, 0.3) is 0 Å². The number of carbonyl (C=O) groups is 2. The van der Waals surface area contributed by atoms with Gasteiger partial charge in [0.25, 0.3) is 0 Å². The van der Waals surface area contributed by atoms with Gasteiger partial charge in [-0.2, -0.15) is 0 Å². The van der Waals surface area contributed by atoms with Gasteiger partial charge in [0, 0.05) is 18.8 Å². The fourth-order valence-corrected chi connectivity index (χ4v) is 5.45. The van der Waals surface area contributed by atoms with Crippen LogP contribution in [0.2, 0.25) is 0 Å². The van der Waals surface area contributed by atoms with Crippen LogP contribution in [0, 0.1) is 17.8 Å². The van der Waals surface area contributed by atoms with Gasteiger partial charge in [0.2, 0.25) is 0 Å². The number of ketones is 1. The Labute approximate surface area is 183 Å². The average molecular weight is 421 g/mol. The van der Waals surface area contributed by atoms with Gasteiger partial charge in [-0.1, -0.05) is 51.2 Å². The lowest BCUT2D eigenvalue weighted by Gasteiger charge is -2.40. The van der Waals surface area contributed by atoms with Gasteiger partial charge in [-0.15, -0.1) is 0 Å². The largest absolute Gasteiger partial charge is 0.463 e. The number of hydrogen-bond donors (Lipinski definition) is 1. The Morgan fingerprint density at radius 1 is 1.20 bits per heavy atom. The normalized spacial score (nSPS) is 29.0. The van der Waals surface area contributed by atoms with Crippen LogP contribution in [0.4, 0.5) is 0 Å². The Bertz CT molecular complexity index is 567. The molecule has 0 aromatic rings. The predicted octanol–water partition coefficient (Wildman–Crippen LogP) is 6.15. The Balaban J connectivity index is 1.70. The van der Waals surface area contributed by atoms with Crippen LogP contribution in [0.1, 0.15) is 111 Å². The first-order valence-electron chi connectivity index (χ1n) is 12.4. The first-order chi connectivity index (χ1) is 14.3. The van der Waals surface area contributed by atoms with Crippen molar-refractivity contribution in [1.82, 2.24) is 0 Å². The molecular weight excluding hydrogens is 376 g/mol. The Kier molecular flexibility index (Phi) is 10.6. The zero-order valence-electron chi connectivity index (χ0n) is 19.5. The molecule has 4 heteroatoms. The Morgan fingerprint density at radius 3 is 2.70 bits per heavy atom. The van der Waals surface area contributed by atoms with E-state index in [2.05, 4.69) is 19.1 Å². The molecule has 172 valence electrons. The molecule has 4 nitrogen and oxygen atoms in total. The van der Waals surface area contributed by atoms with E-state index in [1.54, 1.807) is 0 Å². The number of unbranched alkanes of at least 4 members (excludes halogenated alkanes) is 5. The quantitative estimate of drug-likeness (QED) is 0.220. The standard InChI is InChI=1S/C26H44O4/c1-4-5-6-9-12-16-26(29)17-15-22-21(19-26)18-24(27)23(22)13-10-7-8-11-14-25(28)30-20(2)3/h7,10,20-23,29H,4-6,8-9,11-19H2,1-3H3/t21-,22-,23-,26-/m1/s1. The molecule has 30 heavy (non-hydrogen) atoms. The second-order valence-corrected chi connectivity index (χ2v) is 9.97. The van der Waals surface area contributed by atoms with E-state index in [1.165, 1.54) is 25.7 Å². The van der Waals surface area contributed by atoms with E-state index < -0.39 is 5.60 Å². The summed E-state index contributed by atoms with van der Waals surface area (Å²) in [5, 5.41) is 11.1. The Hall–Kier alpha value is -1.16. The van der Waals surface area contributed by atoms with E-state index in [9.17, 15) is 14.7 Å². The summed E-state index contributed by atoms with van der Waals surface area (Å²) in [6.45, 7) is 5.95. The smallest absolute Gasteiger partial charge is 0.306 e. The lowest BCUT2D eigenvalue weighted by Crippen LogP contribution is -2.38. The van der Waals surface area contributed by atoms with E-state index in [4.69, 9.17) is 4.74 Å². The second kappa shape index (κ2) is 12.6. The molecule has 0 heterocycles. The summed E-state index contributed by atoms with van der Waals surface area (Å²) in [6, 6.07) is 0. The number of fused-ring (bicyclic) bond motifs is 1. The zero-order valence-corrected chi connectivity index (χ0v) is 19.5. The van der Waals surface area contributed by atoms with Crippen molar-refractivity contribution in [2.75, 3.05) is 0 Å². The third-order valence-electron chi connectivity index (χ3n) is 7.01. The van der Waals surface area contributed by atoms with Crippen LogP contribution < -0.4 is 0 Å². The van der Waals surface area contributed by atoms with E-state index in [0.29, 0.717) is 30.5 Å². The van der Waals surface area contributed by atoms with Crippen molar-refractivity contribution in [3.8, 4) is 0 Å². The number of ether oxygens (including phenoxy) is 1. The van der Waals surface area contributed by atoms with Gasteiger partial charge in [0.05, 0.1) is 11.7 Å². The number of esters is 1. The summed E-state index contributed by atoms with van der Waals surface area (Å²) in [5.74, 6) is 1.21. The van der Waals surface area contributed by atoms with E-state index >= 15 is 0 Å². The van der Waals surface area contributed by atoms with E-state index in [1.807, 2.05) is 13.8 Å². The molecule has 2 aliphatic rings. The fourth-order valence-electron chi connectivity index (χ4n) is 5.45. The molecule has 0 spiro atoms. The number of aliphatic hydroxyl groups is 1. The van der Waals surface area contributed by atoms with Crippen molar-refractivity contribution in [3.05, 3.63) is 12.2 Å². The number of rotatable bonds is 13. The highest BCUT2D eigenvalue weighted by Gasteiger charge is 2.48. The molecule has 0 unspecified atom stereocenters. The zero-order chi connectivity index (χ0) is 22.0. The Morgan fingerprint density at radius 2 is 1.97 bits per heavy atom. The fraction of sp³-hybridized carbons (Fsp3) is 0.846. The van der Waals surface area contributed by atoms with Crippen LogP contribution in [0.15, 0.2) is 12.2 Å². The molecule has 0 aliphatic heterocycles. The lowest BCUT2D eigenvalue weighted by molar-refractivity contribution is -0.147. The molecule has 1 N–H and O–H groups in total. The van der Waals surface area contributed by atoms with Crippen LogP contribution >= 0.6 is 0 Å². The van der Waals surface area contributed by atoms with Crippen LogP contribution in [-0.2, 0) is 14.3 Å². The van der Waals surface area contributed by atoms with Gasteiger partial charge in [0.1, 0.15) is 5.78 Å². The van der Waals surface area contributed by atoms with Crippen molar-refractivity contribution in [1.29, 1.82) is 0 Å². The molecule has 0 bridgehead atoms. The minimum Gasteiger partial charge on any atom is -0.463 e. The molecule has 0 aromatic carbocycles. The molecule has 0 amide bonds. The maximum absolute atomic E-state index is 12.6. The monoisotopic (exact) mass is 420 g/mol. The molecule has 2 fully saturated rings. The third kappa shape index (κ3) is 8.17. The van der Waals surface area contributed by atoms with E-state index in [-0.39, 0.29) is 18.0 Å². The SMILES string of the molecule is CCCCCCC[C@@]1(O)CC[C@@H]2[C@H](CC(=O)[C@@H]2CC=CCCCC(=O)OC(C)C)C1. The maximum Gasteiger partial charge on any atom is 0.306 e. The van der Waals surface area contributed by atoms with Crippen molar-refractivity contribution >= 4 is 11.8 Å². The summed E-state index contributed by atoms with van der Waals surface area (Å²) in [5.41, 5.74) is -0.539.